The average Bonchev–Trinajstić information content (AvgIpc) is 2.92. The van der Waals surface area contributed by atoms with Gasteiger partial charge in [0.05, 0.1) is 10.3 Å². The molecule has 0 saturated carbocycles. The molecule has 0 aliphatic carbocycles. The smallest absolute Gasteiger partial charge is 0.308 e. The minimum absolute atomic E-state index is 0.0256. The SMILES string of the molecule is C[C@@H]1CN(C(=O)CCc2ccc(Cl)s2)C[C@H]1C(=O)O. The summed E-state index contributed by atoms with van der Waals surface area (Å²) in [6, 6.07) is 3.75. The van der Waals surface area contributed by atoms with E-state index in [0.29, 0.717) is 25.9 Å². The minimum Gasteiger partial charge on any atom is -0.481 e. The van der Waals surface area contributed by atoms with Crippen molar-refractivity contribution in [1.29, 1.82) is 0 Å². The number of halogens is 1. The Morgan fingerprint density at radius 3 is 2.74 bits per heavy atom. The van der Waals surface area contributed by atoms with Crippen molar-refractivity contribution in [2.45, 2.75) is 19.8 Å². The number of aliphatic carboxylic acids is 1. The quantitative estimate of drug-likeness (QED) is 0.929. The van der Waals surface area contributed by atoms with Crippen molar-refractivity contribution in [3.8, 4) is 0 Å². The van der Waals surface area contributed by atoms with E-state index in [2.05, 4.69) is 0 Å². The molecule has 1 amide bonds. The van der Waals surface area contributed by atoms with Crippen LogP contribution in [-0.2, 0) is 16.0 Å². The lowest BCUT2D eigenvalue weighted by Gasteiger charge is -2.15. The van der Waals surface area contributed by atoms with E-state index in [1.807, 2.05) is 19.1 Å². The van der Waals surface area contributed by atoms with Crippen LogP contribution in [0.5, 0.6) is 0 Å². The molecular formula is C13H16ClNO3S. The summed E-state index contributed by atoms with van der Waals surface area (Å²) in [5, 5.41) is 9.04. The molecule has 2 heterocycles. The molecule has 0 spiro atoms. The Balaban J connectivity index is 1.86. The summed E-state index contributed by atoms with van der Waals surface area (Å²) in [6.45, 7) is 2.76. The minimum atomic E-state index is -0.812. The molecule has 19 heavy (non-hydrogen) atoms. The predicted molar refractivity (Wildman–Crippen MR) is 74.5 cm³/mol. The molecular weight excluding hydrogens is 286 g/mol. The molecule has 1 fully saturated rings. The fraction of sp³-hybridized carbons (Fsp3) is 0.538. The molecule has 1 aromatic heterocycles. The van der Waals surface area contributed by atoms with Gasteiger partial charge in [0.25, 0.3) is 0 Å². The van der Waals surface area contributed by atoms with Crippen LogP contribution in [0.2, 0.25) is 4.34 Å². The van der Waals surface area contributed by atoms with Crippen LogP contribution in [0.15, 0.2) is 12.1 Å². The van der Waals surface area contributed by atoms with E-state index in [1.54, 1.807) is 4.90 Å². The van der Waals surface area contributed by atoms with E-state index in [-0.39, 0.29) is 11.8 Å². The molecule has 1 aliphatic rings. The highest BCUT2D eigenvalue weighted by Crippen LogP contribution is 2.25. The monoisotopic (exact) mass is 301 g/mol. The first-order valence-corrected chi connectivity index (χ1v) is 7.41. The summed E-state index contributed by atoms with van der Waals surface area (Å²) in [4.78, 5) is 25.8. The molecule has 0 bridgehead atoms. The van der Waals surface area contributed by atoms with E-state index in [1.165, 1.54) is 11.3 Å². The van der Waals surface area contributed by atoms with Crippen molar-refractivity contribution in [3.63, 3.8) is 0 Å². The number of hydrogen-bond acceptors (Lipinski definition) is 3. The van der Waals surface area contributed by atoms with E-state index >= 15 is 0 Å². The number of nitrogens with zero attached hydrogens (tertiary/aromatic N) is 1. The lowest BCUT2D eigenvalue weighted by molar-refractivity contribution is -0.142. The van der Waals surface area contributed by atoms with Crippen molar-refractivity contribution < 1.29 is 14.7 Å². The van der Waals surface area contributed by atoms with E-state index in [9.17, 15) is 9.59 Å². The van der Waals surface area contributed by atoms with Crippen LogP contribution in [0.25, 0.3) is 0 Å². The fourth-order valence-electron chi connectivity index (χ4n) is 2.37. The van der Waals surface area contributed by atoms with Gasteiger partial charge < -0.3 is 10.0 Å². The largest absolute Gasteiger partial charge is 0.481 e. The summed E-state index contributed by atoms with van der Waals surface area (Å²) in [7, 11) is 0. The molecule has 0 unspecified atom stereocenters. The van der Waals surface area contributed by atoms with Gasteiger partial charge in [0.15, 0.2) is 0 Å². The third-order valence-electron chi connectivity index (χ3n) is 3.50. The van der Waals surface area contributed by atoms with Crippen LogP contribution in [-0.4, -0.2) is 35.0 Å². The Morgan fingerprint density at radius 2 is 2.21 bits per heavy atom. The van der Waals surface area contributed by atoms with Gasteiger partial charge in [-0.25, -0.2) is 0 Å². The zero-order valence-corrected chi connectivity index (χ0v) is 12.2. The maximum atomic E-state index is 12.0. The van der Waals surface area contributed by atoms with Crippen molar-refractivity contribution in [3.05, 3.63) is 21.3 Å². The normalized spacial score (nSPS) is 22.7. The number of aryl methyl sites for hydroxylation is 1. The molecule has 6 heteroatoms. The fourth-order valence-corrected chi connectivity index (χ4v) is 3.45. The molecule has 104 valence electrons. The molecule has 2 atom stereocenters. The lowest BCUT2D eigenvalue weighted by atomic mass is 9.99. The Morgan fingerprint density at radius 1 is 1.47 bits per heavy atom. The van der Waals surface area contributed by atoms with Gasteiger partial charge in [0.2, 0.25) is 5.91 Å². The number of likely N-dealkylation sites (tertiary alicyclic amines) is 1. The third kappa shape index (κ3) is 3.48. The molecule has 1 N–H and O–H groups in total. The summed E-state index contributed by atoms with van der Waals surface area (Å²) in [6.07, 6.45) is 1.08. The van der Waals surface area contributed by atoms with Crippen LogP contribution >= 0.6 is 22.9 Å². The van der Waals surface area contributed by atoms with Crippen LogP contribution in [0.1, 0.15) is 18.2 Å². The number of carboxylic acid groups (broad SMARTS) is 1. The highest BCUT2D eigenvalue weighted by Gasteiger charge is 2.36. The van der Waals surface area contributed by atoms with Crippen molar-refractivity contribution in [2.75, 3.05) is 13.1 Å². The van der Waals surface area contributed by atoms with Gasteiger partial charge in [-0.2, -0.15) is 0 Å². The van der Waals surface area contributed by atoms with E-state index < -0.39 is 11.9 Å². The van der Waals surface area contributed by atoms with Crippen molar-refractivity contribution >= 4 is 34.8 Å². The molecule has 1 aliphatic heterocycles. The second kappa shape index (κ2) is 5.92. The number of thiophene rings is 1. The number of amides is 1. The number of carbonyl (C=O) groups excluding carboxylic acids is 1. The van der Waals surface area contributed by atoms with Gasteiger partial charge in [0, 0.05) is 24.4 Å². The Kier molecular flexibility index (Phi) is 4.47. The van der Waals surface area contributed by atoms with Gasteiger partial charge in [-0.1, -0.05) is 18.5 Å². The topological polar surface area (TPSA) is 57.6 Å². The zero-order valence-electron chi connectivity index (χ0n) is 10.6. The number of rotatable bonds is 4. The Labute approximate surface area is 121 Å². The van der Waals surface area contributed by atoms with E-state index in [0.717, 1.165) is 9.21 Å². The van der Waals surface area contributed by atoms with Crippen molar-refractivity contribution in [2.24, 2.45) is 11.8 Å². The second-order valence-corrected chi connectivity index (χ2v) is 6.73. The lowest BCUT2D eigenvalue weighted by Crippen LogP contribution is -2.30. The Hall–Kier alpha value is -1.07. The molecule has 1 aromatic rings. The first kappa shape index (κ1) is 14.3. The van der Waals surface area contributed by atoms with Gasteiger partial charge in [-0.05, 0) is 24.5 Å². The van der Waals surface area contributed by atoms with Gasteiger partial charge in [0.1, 0.15) is 0 Å². The van der Waals surface area contributed by atoms with E-state index in [4.69, 9.17) is 16.7 Å². The van der Waals surface area contributed by atoms with Crippen LogP contribution in [0.4, 0.5) is 0 Å². The van der Waals surface area contributed by atoms with Crippen LogP contribution < -0.4 is 0 Å². The zero-order chi connectivity index (χ0) is 14.0. The van der Waals surface area contributed by atoms with Gasteiger partial charge >= 0.3 is 5.97 Å². The highest BCUT2D eigenvalue weighted by atomic mass is 35.5. The van der Waals surface area contributed by atoms with Crippen LogP contribution in [0.3, 0.4) is 0 Å². The molecule has 2 rings (SSSR count). The average molecular weight is 302 g/mol. The number of hydrogen-bond donors (Lipinski definition) is 1. The maximum Gasteiger partial charge on any atom is 0.308 e. The Bertz CT molecular complexity index is 488. The first-order chi connectivity index (χ1) is 8.97. The van der Waals surface area contributed by atoms with Gasteiger partial charge in [-0.3, -0.25) is 9.59 Å². The van der Waals surface area contributed by atoms with Gasteiger partial charge in [-0.15, -0.1) is 11.3 Å². The standard InChI is InChI=1S/C13H16ClNO3S/c1-8-6-15(7-10(8)13(17)18)12(16)5-3-9-2-4-11(14)19-9/h2,4,8,10H,3,5-7H2,1H3,(H,17,18)/t8-,10-/m1/s1. The first-order valence-electron chi connectivity index (χ1n) is 6.22. The van der Waals surface area contributed by atoms with Crippen LogP contribution in [0, 0.1) is 11.8 Å². The summed E-state index contributed by atoms with van der Waals surface area (Å²) >= 11 is 7.31. The maximum absolute atomic E-state index is 12.0. The summed E-state index contributed by atoms with van der Waals surface area (Å²) in [5.41, 5.74) is 0. The predicted octanol–water partition coefficient (Wildman–Crippen LogP) is 2.51. The summed E-state index contributed by atoms with van der Waals surface area (Å²) in [5.74, 6) is -1.19. The number of carbonyl (C=O) groups is 2. The second-order valence-electron chi connectivity index (χ2n) is 4.93. The van der Waals surface area contributed by atoms with Crippen molar-refractivity contribution in [1.82, 2.24) is 4.90 Å². The highest BCUT2D eigenvalue weighted by molar-refractivity contribution is 7.16. The molecule has 0 aromatic carbocycles. The molecule has 0 radical (unpaired) electrons. The number of carboxylic acids is 1. The molecule has 4 nitrogen and oxygen atoms in total. The third-order valence-corrected chi connectivity index (χ3v) is 4.79. The summed E-state index contributed by atoms with van der Waals surface area (Å²) < 4.78 is 0.725. The molecule has 1 saturated heterocycles.